The van der Waals surface area contributed by atoms with Gasteiger partial charge in [-0.3, -0.25) is 5.43 Å². The minimum absolute atomic E-state index is 0.370. The van der Waals surface area contributed by atoms with E-state index in [0.29, 0.717) is 5.56 Å². The smallest absolute Gasteiger partial charge is 0.375 e. The van der Waals surface area contributed by atoms with Crippen molar-refractivity contribution in [3.63, 3.8) is 0 Å². The van der Waals surface area contributed by atoms with Crippen LogP contribution in [-0.2, 0) is 6.42 Å². The van der Waals surface area contributed by atoms with Crippen LogP contribution < -0.4 is 11.2 Å². The lowest BCUT2D eigenvalue weighted by Crippen LogP contribution is -2.58. The van der Waals surface area contributed by atoms with E-state index in [1.54, 1.807) is 18.2 Å². The van der Waals surface area contributed by atoms with E-state index in [1.807, 2.05) is 5.43 Å². The summed E-state index contributed by atoms with van der Waals surface area (Å²) in [6.07, 6.45) is -14.1. The minimum atomic E-state index is -5.94. The van der Waals surface area contributed by atoms with Crippen LogP contribution >= 0.6 is 12.2 Å². The van der Waals surface area contributed by atoms with Gasteiger partial charge < -0.3 is 10.8 Å². The quantitative estimate of drug-likeness (QED) is 0.321. The van der Waals surface area contributed by atoms with Crippen molar-refractivity contribution in [2.24, 2.45) is 10.8 Å². The van der Waals surface area contributed by atoms with Crippen LogP contribution in [0.2, 0.25) is 0 Å². The zero-order chi connectivity index (χ0) is 18.6. The van der Waals surface area contributed by atoms with Crippen molar-refractivity contribution < 1.29 is 31.4 Å². The van der Waals surface area contributed by atoms with Gasteiger partial charge in [-0.25, -0.2) is 0 Å². The van der Waals surface area contributed by atoms with Crippen LogP contribution in [0.25, 0.3) is 0 Å². The number of hydrazone groups is 1. The van der Waals surface area contributed by atoms with Gasteiger partial charge in [-0.15, -0.1) is 0 Å². The molecule has 4 nitrogen and oxygen atoms in total. The Balaban J connectivity index is 3.19. The van der Waals surface area contributed by atoms with Gasteiger partial charge in [0.1, 0.15) is 0 Å². The highest BCUT2D eigenvalue weighted by molar-refractivity contribution is 7.80. The maximum atomic E-state index is 12.8. The Hall–Kier alpha value is -1.88. The number of hydrogen-bond donors (Lipinski definition) is 3. The fourth-order valence-electron chi connectivity index (χ4n) is 1.76. The molecular formula is C13H13F6N3OS. The van der Waals surface area contributed by atoms with E-state index in [2.05, 4.69) is 17.3 Å². The molecule has 0 saturated carbocycles. The van der Waals surface area contributed by atoms with Crippen molar-refractivity contribution in [2.45, 2.75) is 30.8 Å². The zero-order valence-corrected chi connectivity index (χ0v) is 12.8. The topological polar surface area (TPSA) is 70.6 Å². The molecule has 0 unspecified atom stereocenters. The molecule has 4 N–H and O–H groups in total. The first-order chi connectivity index (χ1) is 10.9. The molecule has 0 aliphatic rings. The molecule has 134 valence electrons. The number of nitrogens with zero attached hydrogens (tertiary/aromatic N) is 1. The first-order valence-electron chi connectivity index (χ1n) is 6.37. The van der Waals surface area contributed by atoms with Gasteiger partial charge in [-0.1, -0.05) is 30.3 Å². The molecule has 0 fully saturated rings. The number of aliphatic hydroxyl groups is 1. The molecular weight excluding hydrogens is 360 g/mol. The van der Waals surface area contributed by atoms with Gasteiger partial charge in [-0.05, 0) is 17.8 Å². The Morgan fingerprint density at radius 1 is 1.08 bits per heavy atom. The average molecular weight is 373 g/mol. The summed E-state index contributed by atoms with van der Waals surface area (Å²) in [4.78, 5) is 0. The second kappa shape index (κ2) is 7.34. The predicted octanol–water partition coefficient (Wildman–Crippen LogP) is 2.66. The third-order valence-corrected chi connectivity index (χ3v) is 3.06. The Kier molecular flexibility index (Phi) is 6.17. The highest BCUT2D eigenvalue weighted by Gasteiger charge is 2.70. The monoisotopic (exact) mass is 373 g/mol. The summed E-state index contributed by atoms with van der Waals surface area (Å²) in [6, 6.07) is 7.68. The maximum Gasteiger partial charge on any atom is 0.426 e. The van der Waals surface area contributed by atoms with E-state index in [1.165, 1.54) is 12.1 Å². The molecule has 0 bridgehead atoms. The second-order valence-corrected chi connectivity index (χ2v) is 5.29. The Bertz CT molecular complexity index is 586. The fourth-order valence-corrected chi connectivity index (χ4v) is 1.81. The van der Waals surface area contributed by atoms with Gasteiger partial charge in [0.15, 0.2) is 5.11 Å². The van der Waals surface area contributed by atoms with Crippen LogP contribution in [0.5, 0.6) is 0 Å². The van der Waals surface area contributed by atoms with Crippen molar-refractivity contribution >= 4 is 23.0 Å². The normalized spacial score (nSPS) is 13.7. The molecule has 0 aliphatic carbocycles. The molecule has 0 radical (unpaired) electrons. The largest absolute Gasteiger partial charge is 0.426 e. The molecule has 0 saturated heterocycles. The number of thiocarbonyl (C=S) groups is 1. The Labute approximate surface area is 138 Å². The first-order valence-corrected chi connectivity index (χ1v) is 6.78. The molecule has 1 aromatic rings. The van der Waals surface area contributed by atoms with Crippen LogP contribution in [0.15, 0.2) is 35.4 Å². The fraction of sp³-hybridized carbons (Fsp3) is 0.385. The average Bonchev–Trinajstić information content (AvgIpc) is 2.43. The van der Waals surface area contributed by atoms with E-state index in [9.17, 15) is 31.4 Å². The van der Waals surface area contributed by atoms with E-state index in [-0.39, 0.29) is 6.42 Å². The molecule has 0 aliphatic heterocycles. The van der Waals surface area contributed by atoms with Gasteiger partial charge in [-0.2, -0.15) is 31.4 Å². The lowest BCUT2D eigenvalue weighted by Gasteiger charge is -2.32. The summed E-state index contributed by atoms with van der Waals surface area (Å²) in [5.41, 5.74) is 1.86. The van der Waals surface area contributed by atoms with E-state index >= 15 is 0 Å². The van der Waals surface area contributed by atoms with Gasteiger partial charge in [0.05, 0.1) is 0 Å². The van der Waals surface area contributed by atoms with Gasteiger partial charge >= 0.3 is 12.4 Å². The summed E-state index contributed by atoms with van der Waals surface area (Å²) in [7, 11) is 0. The van der Waals surface area contributed by atoms with Crippen molar-refractivity contribution in [1.82, 2.24) is 5.43 Å². The number of nitrogens with one attached hydrogen (secondary N) is 1. The summed E-state index contributed by atoms with van der Waals surface area (Å²) in [5.74, 6) is 0. The van der Waals surface area contributed by atoms with Crippen LogP contribution in [-0.4, -0.2) is 33.9 Å². The molecule has 0 spiro atoms. The van der Waals surface area contributed by atoms with Gasteiger partial charge in [0.2, 0.25) is 0 Å². The van der Waals surface area contributed by atoms with E-state index in [4.69, 9.17) is 5.73 Å². The van der Waals surface area contributed by atoms with Crippen LogP contribution in [0.1, 0.15) is 12.0 Å². The molecule has 0 amide bonds. The predicted molar refractivity (Wildman–Crippen MR) is 79.2 cm³/mol. The van der Waals surface area contributed by atoms with E-state index < -0.39 is 35.2 Å². The molecule has 24 heavy (non-hydrogen) atoms. The standard InChI is InChI=1S/C13H13F6N3OS/c14-12(15,16)11(23,13(17,18)19)7-9(21-22-10(20)24)6-8-4-2-1-3-5-8/h1-5,23H,6-7H2,(H3,20,22,24). The highest BCUT2D eigenvalue weighted by Crippen LogP contribution is 2.45. The molecule has 11 heteroatoms. The number of halogens is 6. The molecule has 0 heterocycles. The third kappa shape index (κ3) is 5.06. The second-order valence-electron chi connectivity index (χ2n) is 4.85. The third-order valence-electron chi connectivity index (χ3n) is 2.97. The van der Waals surface area contributed by atoms with Crippen LogP contribution in [0.3, 0.4) is 0 Å². The Morgan fingerprint density at radius 2 is 1.58 bits per heavy atom. The number of benzene rings is 1. The van der Waals surface area contributed by atoms with Crippen molar-refractivity contribution in [1.29, 1.82) is 0 Å². The van der Waals surface area contributed by atoms with Gasteiger partial charge in [0.25, 0.3) is 5.60 Å². The summed E-state index contributed by atoms with van der Waals surface area (Å²) >= 11 is 4.42. The summed E-state index contributed by atoms with van der Waals surface area (Å²) in [5, 5.41) is 12.2. The molecule has 1 aromatic carbocycles. The lowest BCUT2D eigenvalue weighted by atomic mass is 9.92. The van der Waals surface area contributed by atoms with Crippen molar-refractivity contribution in [3.8, 4) is 0 Å². The van der Waals surface area contributed by atoms with Crippen molar-refractivity contribution in [3.05, 3.63) is 35.9 Å². The minimum Gasteiger partial charge on any atom is -0.375 e. The summed E-state index contributed by atoms with van der Waals surface area (Å²) in [6.45, 7) is 0. The zero-order valence-electron chi connectivity index (χ0n) is 11.9. The highest BCUT2D eigenvalue weighted by atomic mass is 32.1. The Morgan fingerprint density at radius 3 is 2.00 bits per heavy atom. The number of hydrogen-bond acceptors (Lipinski definition) is 3. The molecule has 0 aromatic heterocycles. The summed E-state index contributed by atoms with van der Waals surface area (Å²) < 4.78 is 76.8. The van der Waals surface area contributed by atoms with E-state index in [0.717, 1.165) is 0 Å². The molecule has 0 atom stereocenters. The number of alkyl halides is 6. The van der Waals surface area contributed by atoms with Crippen LogP contribution in [0.4, 0.5) is 26.3 Å². The number of nitrogens with two attached hydrogens (primary N) is 1. The van der Waals surface area contributed by atoms with Crippen LogP contribution in [0, 0.1) is 0 Å². The lowest BCUT2D eigenvalue weighted by molar-refractivity contribution is -0.365. The maximum absolute atomic E-state index is 12.8. The first kappa shape index (κ1) is 20.2. The SMILES string of the molecule is NC(=S)NN=C(Cc1ccccc1)CC(O)(C(F)(F)F)C(F)(F)F. The number of rotatable bonds is 5. The van der Waals surface area contributed by atoms with Gasteiger partial charge in [0, 0.05) is 18.6 Å². The van der Waals surface area contributed by atoms with Crippen molar-refractivity contribution in [2.75, 3.05) is 0 Å². The molecule has 1 rings (SSSR count).